The number of phenolic OH excluding ortho intramolecular Hbond substituents is 1. The van der Waals surface area contributed by atoms with Crippen molar-refractivity contribution in [3.8, 4) is 22.9 Å². The van der Waals surface area contributed by atoms with Crippen molar-refractivity contribution in [2.45, 2.75) is 26.7 Å². The van der Waals surface area contributed by atoms with Gasteiger partial charge in [-0.3, -0.25) is 9.59 Å². The lowest BCUT2D eigenvalue weighted by atomic mass is 10.0. The third kappa shape index (κ3) is 3.89. The van der Waals surface area contributed by atoms with Crippen molar-refractivity contribution < 1.29 is 28.7 Å². The van der Waals surface area contributed by atoms with Crippen LogP contribution in [0.1, 0.15) is 36.5 Å². The maximum absolute atomic E-state index is 11.8. The Kier molecular flexibility index (Phi) is 5.51. The Morgan fingerprint density at radius 3 is 2.71 bits per heavy atom. The molecule has 0 aliphatic heterocycles. The van der Waals surface area contributed by atoms with Gasteiger partial charge < -0.3 is 19.1 Å². The van der Waals surface area contributed by atoms with Crippen molar-refractivity contribution in [1.82, 2.24) is 10.1 Å². The number of benzene rings is 1. The van der Waals surface area contributed by atoms with E-state index in [0.717, 1.165) is 0 Å². The van der Waals surface area contributed by atoms with E-state index in [1.54, 1.807) is 6.92 Å². The number of aromatic hydroxyl groups is 1. The monoisotopic (exact) mass is 334 g/mol. The molecular formula is C16H18N2O6. The first-order valence-electron chi connectivity index (χ1n) is 7.36. The highest BCUT2D eigenvalue weighted by Crippen LogP contribution is 2.34. The summed E-state index contributed by atoms with van der Waals surface area (Å²) in [5.41, 5.74) is 0.620. The van der Waals surface area contributed by atoms with Gasteiger partial charge in [0.2, 0.25) is 11.7 Å². The molecule has 2 aromatic rings. The van der Waals surface area contributed by atoms with Crippen LogP contribution in [0.2, 0.25) is 0 Å². The SMILES string of the molecule is CCOC(=O)CCc1nc(-c2cc(OC)c(O)cc2C(C)=O)no1. The molecule has 1 N–H and O–H groups in total. The lowest BCUT2D eigenvalue weighted by Gasteiger charge is -2.08. The molecule has 1 aromatic carbocycles. The summed E-state index contributed by atoms with van der Waals surface area (Å²) in [4.78, 5) is 27.3. The Labute approximate surface area is 138 Å². The van der Waals surface area contributed by atoms with E-state index >= 15 is 0 Å². The fourth-order valence-electron chi connectivity index (χ4n) is 2.12. The first-order valence-corrected chi connectivity index (χ1v) is 7.36. The number of carbonyl (C=O) groups is 2. The molecule has 0 radical (unpaired) electrons. The molecule has 0 fully saturated rings. The number of aryl methyl sites for hydroxylation is 1. The predicted octanol–water partition coefficient (Wildman–Crippen LogP) is 2.15. The third-order valence-electron chi connectivity index (χ3n) is 3.26. The second-order valence-corrected chi connectivity index (χ2v) is 4.94. The molecule has 8 nitrogen and oxygen atoms in total. The van der Waals surface area contributed by atoms with E-state index in [4.69, 9.17) is 14.0 Å². The highest BCUT2D eigenvalue weighted by molar-refractivity contribution is 6.01. The second-order valence-electron chi connectivity index (χ2n) is 4.94. The van der Waals surface area contributed by atoms with Crippen molar-refractivity contribution in [2.75, 3.05) is 13.7 Å². The maximum atomic E-state index is 11.8. The number of esters is 1. The topological polar surface area (TPSA) is 112 Å². The van der Waals surface area contributed by atoms with Gasteiger partial charge in [-0.15, -0.1) is 0 Å². The molecule has 0 atom stereocenters. The molecule has 0 unspecified atom stereocenters. The van der Waals surface area contributed by atoms with Crippen LogP contribution in [0.3, 0.4) is 0 Å². The van der Waals surface area contributed by atoms with E-state index < -0.39 is 0 Å². The van der Waals surface area contributed by atoms with E-state index in [-0.39, 0.29) is 53.4 Å². The van der Waals surface area contributed by atoms with Gasteiger partial charge in [-0.2, -0.15) is 4.98 Å². The summed E-state index contributed by atoms with van der Waals surface area (Å²) in [6, 6.07) is 2.76. The van der Waals surface area contributed by atoms with Crippen LogP contribution in [0.5, 0.6) is 11.5 Å². The molecular weight excluding hydrogens is 316 g/mol. The minimum Gasteiger partial charge on any atom is -0.504 e. The number of phenols is 1. The first kappa shape index (κ1) is 17.5. The fraction of sp³-hybridized carbons (Fsp3) is 0.375. The number of nitrogens with zero attached hydrogens (tertiary/aromatic N) is 2. The summed E-state index contributed by atoms with van der Waals surface area (Å²) in [6.07, 6.45) is 0.352. The molecule has 0 bridgehead atoms. The minimum absolute atomic E-state index is 0.119. The number of carbonyl (C=O) groups excluding carboxylic acids is 2. The van der Waals surface area contributed by atoms with Crippen molar-refractivity contribution in [1.29, 1.82) is 0 Å². The second kappa shape index (κ2) is 7.58. The Morgan fingerprint density at radius 1 is 1.33 bits per heavy atom. The van der Waals surface area contributed by atoms with Crippen LogP contribution in [0, 0.1) is 0 Å². The van der Waals surface area contributed by atoms with Gasteiger partial charge in [0, 0.05) is 17.5 Å². The van der Waals surface area contributed by atoms with Gasteiger partial charge >= 0.3 is 5.97 Å². The molecule has 0 saturated heterocycles. The van der Waals surface area contributed by atoms with Crippen molar-refractivity contribution in [2.24, 2.45) is 0 Å². The van der Waals surface area contributed by atoms with Crippen molar-refractivity contribution >= 4 is 11.8 Å². The van der Waals surface area contributed by atoms with Crippen LogP contribution in [0.4, 0.5) is 0 Å². The van der Waals surface area contributed by atoms with Crippen LogP contribution >= 0.6 is 0 Å². The van der Waals surface area contributed by atoms with E-state index in [9.17, 15) is 14.7 Å². The lowest BCUT2D eigenvalue weighted by Crippen LogP contribution is -2.05. The summed E-state index contributed by atoms with van der Waals surface area (Å²) in [7, 11) is 1.40. The average molecular weight is 334 g/mol. The number of methoxy groups -OCH3 is 1. The van der Waals surface area contributed by atoms with E-state index in [1.807, 2.05) is 0 Å². The van der Waals surface area contributed by atoms with Gasteiger partial charge in [0.15, 0.2) is 17.3 Å². The van der Waals surface area contributed by atoms with E-state index in [0.29, 0.717) is 12.2 Å². The quantitative estimate of drug-likeness (QED) is 0.605. The summed E-state index contributed by atoms with van der Waals surface area (Å²) >= 11 is 0. The summed E-state index contributed by atoms with van der Waals surface area (Å²) in [5, 5.41) is 13.7. The predicted molar refractivity (Wildman–Crippen MR) is 82.9 cm³/mol. The molecule has 24 heavy (non-hydrogen) atoms. The third-order valence-corrected chi connectivity index (χ3v) is 3.26. The number of Topliss-reactive ketones (excluding diaryl/α,β-unsaturated/α-hetero) is 1. The fourth-order valence-corrected chi connectivity index (χ4v) is 2.12. The molecule has 1 heterocycles. The standard InChI is InChI=1S/C16H18N2O6/c1-4-23-15(21)6-5-14-17-16(18-24-14)11-8-13(22-3)12(20)7-10(11)9(2)19/h7-8,20H,4-6H2,1-3H3. The van der Waals surface area contributed by atoms with E-state index in [1.165, 1.54) is 26.2 Å². The first-order chi connectivity index (χ1) is 11.5. The molecule has 0 amide bonds. The van der Waals surface area contributed by atoms with Crippen LogP contribution in [0.25, 0.3) is 11.4 Å². The summed E-state index contributed by atoms with van der Waals surface area (Å²) in [6.45, 7) is 3.40. The largest absolute Gasteiger partial charge is 0.504 e. The van der Waals surface area contributed by atoms with Crippen LogP contribution < -0.4 is 4.74 Å². The molecule has 2 rings (SSSR count). The average Bonchev–Trinajstić information content (AvgIpc) is 3.01. The molecule has 0 aliphatic carbocycles. The van der Waals surface area contributed by atoms with Crippen molar-refractivity contribution in [3.05, 3.63) is 23.6 Å². The molecule has 1 aromatic heterocycles. The zero-order valence-electron chi connectivity index (χ0n) is 13.7. The molecule has 0 saturated carbocycles. The Bertz CT molecular complexity index is 753. The maximum Gasteiger partial charge on any atom is 0.306 e. The zero-order chi connectivity index (χ0) is 17.7. The van der Waals surface area contributed by atoms with Crippen LogP contribution in [-0.4, -0.2) is 40.7 Å². The summed E-state index contributed by atoms with van der Waals surface area (Å²) in [5.74, 6) is -0.156. The van der Waals surface area contributed by atoms with Gasteiger partial charge in [0.05, 0.1) is 20.1 Å². The van der Waals surface area contributed by atoms with Gasteiger partial charge in [0.25, 0.3) is 0 Å². The highest BCUT2D eigenvalue weighted by atomic mass is 16.5. The summed E-state index contributed by atoms with van der Waals surface area (Å²) < 4.78 is 15.0. The molecule has 128 valence electrons. The Morgan fingerprint density at radius 2 is 2.08 bits per heavy atom. The normalized spacial score (nSPS) is 10.5. The molecule has 0 spiro atoms. The number of rotatable bonds is 7. The van der Waals surface area contributed by atoms with Gasteiger partial charge in [-0.1, -0.05) is 5.16 Å². The van der Waals surface area contributed by atoms with Gasteiger partial charge in [-0.05, 0) is 26.0 Å². The van der Waals surface area contributed by atoms with Crippen molar-refractivity contribution in [3.63, 3.8) is 0 Å². The number of hydrogen-bond acceptors (Lipinski definition) is 8. The number of hydrogen-bond donors (Lipinski definition) is 1. The molecule has 8 heteroatoms. The molecule has 0 aliphatic rings. The van der Waals surface area contributed by atoms with Crippen LogP contribution in [0.15, 0.2) is 16.7 Å². The van der Waals surface area contributed by atoms with Gasteiger partial charge in [-0.25, -0.2) is 0 Å². The zero-order valence-corrected chi connectivity index (χ0v) is 13.7. The number of ketones is 1. The van der Waals surface area contributed by atoms with Crippen LogP contribution in [-0.2, 0) is 16.0 Å². The smallest absolute Gasteiger partial charge is 0.306 e. The number of aromatic nitrogens is 2. The Hall–Kier alpha value is -2.90. The highest BCUT2D eigenvalue weighted by Gasteiger charge is 2.19. The lowest BCUT2D eigenvalue weighted by molar-refractivity contribution is -0.143. The van der Waals surface area contributed by atoms with Gasteiger partial charge in [0.1, 0.15) is 0 Å². The Balaban J connectivity index is 2.28. The van der Waals surface area contributed by atoms with E-state index in [2.05, 4.69) is 10.1 Å². The minimum atomic E-state index is -0.354. The number of ether oxygens (including phenoxy) is 2.